The molecule has 0 N–H and O–H groups in total. The van der Waals surface area contributed by atoms with Gasteiger partial charge in [0, 0.05) is 38.0 Å². The molecule has 31 heavy (non-hydrogen) atoms. The fraction of sp³-hybridized carbons (Fsp3) is 0.818. The standard InChI is InChI=1S/C22H36N4O5/c1-21(2,3)30-20(28)25-13-14-26(22(16-25)11-6-5-7-12-22)15-17-23-18(31-24-17)9-8-10-19(27)29-4/h5-16H2,1-4H3. The molecule has 1 saturated carbocycles. The number of carbonyl (C=O) groups is 2. The molecule has 2 heterocycles. The van der Waals surface area contributed by atoms with Gasteiger partial charge in [-0.15, -0.1) is 0 Å². The first kappa shape index (κ1) is 23.5. The Morgan fingerprint density at radius 1 is 1.16 bits per heavy atom. The first-order chi connectivity index (χ1) is 14.7. The Bertz CT molecular complexity index is 751. The van der Waals surface area contributed by atoms with E-state index in [0.29, 0.717) is 50.6 Å². The van der Waals surface area contributed by atoms with Crippen LogP contribution in [0.5, 0.6) is 0 Å². The molecule has 0 unspecified atom stereocenters. The molecule has 174 valence electrons. The van der Waals surface area contributed by atoms with Gasteiger partial charge < -0.3 is 18.9 Å². The fourth-order valence-corrected chi connectivity index (χ4v) is 4.54. The molecule has 1 saturated heterocycles. The summed E-state index contributed by atoms with van der Waals surface area (Å²) in [4.78, 5) is 32.8. The topological polar surface area (TPSA) is 98.0 Å². The lowest BCUT2D eigenvalue weighted by Gasteiger charge is -2.52. The van der Waals surface area contributed by atoms with Crippen molar-refractivity contribution in [2.45, 2.75) is 89.8 Å². The molecule has 2 aliphatic rings. The molecule has 0 bridgehead atoms. The van der Waals surface area contributed by atoms with Crippen LogP contribution in [-0.2, 0) is 27.2 Å². The molecule has 9 nitrogen and oxygen atoms in total. The number of methoxy groups -OCH3 is 1. The van der Waals surface area contributed by atoms with E-state index in [1.165, 1.54) is 13.5 Å². The highest BCUT2D eigenvalue weighted by molar-refractivity contribution is 5.69. The van der Waals surface area contributed by atoms with Crippen molar-refractivity contribution in [1.82, 2.24) is 19.9 Å². The lowest BCUT2D eigenvalue weighted by atomic mass is 9.78. The van der Waals surface area contributed by atoms with Crippen molar-refractivity contribution in [3.05, 3.63) is 11.7 Å². The zero-order chi connectivity index (χ0) is 22.5. The van der Waals surface area contributed by atoms with Gasteiger partial charge in [0.1, 0.15) is 5.60 Å². The molecule has 1 aliphatic carbocycles. The van der Waals surface area contributed by atoms with Crippen LogP contribution in [0.4, 0.5) is 4.79 Å². The van der Waals surface area contributed by atoms with Crippen molar-refractivity contribution in [3.63, 3.8) is 0 Å². The van der Waals surface area contributed by atoms with Gasteiger partial charge in [0.25, 0.3) is 0 Å². The normalized spacial score (nSPS) is 19.4. The number of amides is 1. The van der Waals surface area contributed by atoms with E-state index in [9.17, 15) is 9.59 Å². The smallest absolute Gasteiger partial charge is 0.410 e. The van der Waals surface area contributed by atoms with Crippen molar-refractivity contribution in [1.29, 1.82) is 0 Å². The molecule has 1 aromatic rings. The maximum Gasteiger partial charge on any atom is 0.410 e. The predicted molar refractivity (Wildman–Crippen MR) is 113 cm³/mol. The molecular formula is C22H36N4O5. The molecule has 3 rings (SSSR count). The van der Waals surface area contributed by atoms with Gasteiger partial charge in [-0.1, -0.05) is 24.4 Å². The second-order valence-electron chi connectivity index (χ2n) is 9.64. The van der Waals surface area contributed by atoms with Crippen molar-refractivity contribution < 1.29 is 23.6 Å². The minimum absolute atomic E-state index is 0.0704. The molecule has 0 aromatic carbocycles. The SMILES string of the molecule is COC(=O)CCCc1nc(CN2CCN(C(=O)OC(C)(C)C)CC23CCCCC3)no1. The van der Waals surface area contributed by atoms with Crippen molar-refractivity contribution in [3.8, 4) is 0 Å². The third-order valence-electron chi connectivity index (χ3n) is 6.07. The van der Waals surface area contributed by atoms with Crippen LogP contribution in [0.2, 0.25) is 0 Å². The molecule has 0 radical (unpaired) electrons. The van der Waals surface area contributed by atoms with Crippen LogP contribution in [0.25, 0.3) is 0 Å². The van der Waals surface area contributed by atoms with Gasteiger partial charge in [0.15, 0.2) is 5.82 Å². The Morgan fingerprint density at radius 3 is 2.58 bits per heavy atom. The number of hydrogen-bond donors (Lipinski definition) is 0. The number of nitrogens with zero attached hydrogens (tertiary/aromatic N) is 4. The van der Waals surface area contributed by atoms with Crippen molar-refractivity contribution in [2.24, 2.45) is 0 Å². The Labute approximate surface area is 184 Å². The summed E-state index contributed by atoms with van der Waals surface area (Å²) < 4.78 is 15.7. The second kappa shape index (κ2) is 9.97. The minimum Gasteiger partial charge on any atom is -0.469 e. The summed E-state index contributed by atoms with van der Waals surface area (Å²) in [6.07, 6.45) is 6.93. The monoisotopic (exact) mass is 436 g/mol. The number of hydrogen-bond acceptors (Lipinski definition) is 8. The summed E-state index contributed by atoms with van der Waals surface area (Å²) in [5.41, 5.74) is -0.568. The van der Waals surface area contributed by atoms with E-state index in [4.69, 9.17) is 9.26 Å². The van der Waals surface area contributed by atoms with Gasteiger partial charge >= 0.3 is 12.1 Å². The maximum absolute atomic E-state index is 12.7. The summed E-state index contributed by atoms with van der Waals surface area (Å²) in [7, 11) is 1.39. The average Bonchev–Trinajstić information content (AvgIpc) is 3.16. The van der Waals surface area contributed by atoms with Crippen LogP contribution in [0.1, 0.15) is 77.4 Å². The molecule has 9 heteroatoms. The molecule has 1 aliphatic heterocycles. The molecule has 2 fully saturated rings. The highest BCUT2D eigenvalue weighted by Crippen LogP contribution is 2.37. The van der Waals surface area contributed by atoms with Gasteiger partial charge in [0.2, 0.25) is 5.89 Å². The van der Waals surface area contributed by atoms with E-state index in [0.717, 1.165) is 32.2 Å². The summed E-state index contributed by atoms with van der Waals surface area (Å²) in [6.45, 7) is 8.35. The summed E-state index contributed by atoms with van der Waals surface area (Å²) in [5.74, 6) is 0.967. The minimum atomic E-state index is -0.497. The van der Waals surface area contributed by atoms with Crippen LogP contribution in [0.3, 0.4) is 0 Å². The van der Waals surface area contributed by atoms with E-state index >= 15 is 0 Å². The number of aryl methyl sites for hydroxylation is 1. The van der Waals surface area contributed by atoms with Crippen LogP contribution >= 0.6 is 0 Å². The number of carbonyl (C=O) groups excluding carboxylic acids is 2. The Hall–Kier alpha value is -2.16. The quantitative estimate of drug-likeness (QED) is 0.627. The van der Waals surface area contributed by atoms with Gasteiger partial charge in [0.05, 0.1) is 13.7 Å². The van der Waals surface area contributed by atoms with Gasteiger partial charge in [-0.05, 0) is 40.0 Å². The van der Waals surface area contributed by atoms with E-state index < -0.39 is 5.60 Å². The van der Waals surface area contributed by atoms with Crippen molar-refractivity contribution >= 4 is 12.1 Å². The Balaban J connectivity index is 1.63. The molecule has 1 spiro atoms. The summed E-state index contributed by atoms with van der Waals surface area (Å²) >= 11 is 0. The Kier molecular flexibility index (Phi) is 7.56. The van der Waals surface area contributed by atoms with Gasteiger partial charge in [-0.25, -0.2) is 4.79 Å². The van der Waals surface area contributed by atoms with Gasteiger partial charge in [-0.2, -0.15) is 4.98 Å². The molecular weight excluding hydrogens is 400 g/mol. The molecule has 1 aromatic heterocycles. The molecule has 1 amide bonds. The predicted octanol–water partition coefficient (Wildman–Crippen LogP) is 3.32. The largest absolute Gasteiger partial charge is 0.469 e. The van der Waals surface area contributed by atoms with E-state index in [2.05, 4.69) is 19.8 Å². The van der Waals surface area contributed by atoms with Crippen LogP contribution < -0.4 is 0 Å². The lowest BCUT2D eigenvalue weighted by molar-refractivity contribution is -0.140. The van der Waals surface area contributed by atoms with Crippen LogP contribution in [-0.4, -0.2) is 69.9 Å². The summed E-state index contributed by atoms with van der Waals surface area (Å²) in [5, 5.41) is 4.16. The third-order valence-corrected chi connectivity index (χ3v) is 6.07. The number of aromatic nitrogens is 2. The number of esters is 1. The highest BCUT2D eigenvalue weighted by atomic mass is 16.6. The lowest BCUT2D eigenvalue weighted by Crippen LogP contribution is -2.63. The van der Waals surface area contributed by atoms with Crippen molar-refractivity contribution in [2.75, 3.05) is 26.7 Å². The Morgan fingerprint density at radius 2 is 1.90 bits per heavy atom. The van der Waals surface area contributed by atoms with E-state index in [-0.39, 0.29) is 17.6 Å². The third kappa shape index (κ3) is 6.41. The van der Waals surface area contributed by atoms with Gasteiger partial charge in [-0.3, -0.25) is 9.69 Å². The first-order valence-corrected chi connectivity index (χ1v) is 11.3. The van der Waals surface area contributed by atoms with E-state index in [1.807, 2.05) is 25.7 Å². The second-order valence-corrected chi connectivity index (χ2v) is 9.64. The highest BCUT2D eigenvalue weighted by Gasteiger charge is 2.44. The zero-order valence-corrected chi connectivity index (χ0v) is 19.3. The zero-order valence-electron chi connectivity index (χ0n) is 19.3. The average molecular weight is 437 g/mol. The first-order valence-electron chi connectivity index (χ1n) is 11.3. The summed E-state index contributed by atoms with van der Waals surface area (Å²) in [6, 6.07) is 0. The van der Waals surface area contributed by atoms with Crippen LogP contribution in [0.15, 0.2) is 4.52 Å². The fourth-order valence-electron chi connectivity index (χ4n) is 4.54. The molecule has 0 atom stereocenters. The number of ether oxygens (including phenoxy) is 2. The number of rotatable bonds is 6. The number of piperazine rings is 1. The maximum atomic E-state index is 12.7. The van der Waals surface area contributed by atoms with E-state index in [1.54, 1.807) is 0 Å². The van der Waals surface area contributed by atoms with Crippen LogP contribution in [0, 0.1) is 0 Å².